The van der Waals surface area contributed by atoms with Crippen LogP contribution in [0.2, 0.25) is 0 Å². The summed E-state index contributed by atoms with van der Waals surface area (Å²) in [7, 11) is 0. The molecule has 1 aliphatic rings. The highest BCUT2D eigenvalue weighted by atomic mass is 32.1. The summed E-state index contributed by atoms with van der Waals surface area (Å²) >= 11 is 1.55. The van der Waals surface area contributed by atoms with E-state index in [4.69, 9.17) is 4.74 Å². The first-order chi connectivity index (χ1) is 9.74. The average Bonchev–Trinajstić information content (AvgIpc) is 3.03. The van der Waals surface area contributed by atoms with Gasteiger partial charge in [-0.1, -0.05) is 0 Å². The van der Waals surface area contributed by atoms with E-state index in [0.29, 0.717) is 12.2 Å². The number of fused-ring (bicyclic) bond motifs is 1. The van der Waals surface area contributed by atoms with Crippen LogP contribution in [-0.4, -0.2) is 59.6 Å². The van der Waals surface area contributed by atoms with Crippen LogP contribution in [0.15, 0.2) is 11.6 Å². The second kappa shape index (κ2) is 5.90. The topological polar surface area (TPSA) is 58.9 Å². The minimum absolute atomic E-state index is 0.103. The molecular formula is C13H18N4O2S. The molecule has 0 radical (unpaired) electrons. The normalized spacial score (nSPS) is 16.6. The van der Waals surface area contributed by atoms with Gasteiger partial charge in [-0.25, -0.2) is 4.98 Å². The van der Waals surface area contributed by atoms with E-state index >= 15 is 0 Å². The Morgan fingerprint density at radius 2 is 2.30 bits per heavy atom. The fraction of sp³-hybridized carbons (Fsp3) is 0.538. The van der Waals surface area contributed by atoms with Gasteiger partial charge < -0.3 is 10.1 Å². The standard InChI is InChI=1S/C13H18N4O2S/c1-10-9-20-13-15-11(8-17(10)13)12(18)14-2-3-16-4-6-19-7-5-16/h8-9H,2-7H2,1H3,(H,14,18). The quantitative estimate of drug-likeness (QED) is 0.905. The second-order valence-corrected chi connectivity index (χ2v) is 5.70. The fourth-order valence-corrected chi connectivity index (χ4v) is 3.10. The van der Waals surface area contributed by atoms with Crippen molar-refractivity contribution in [3.05, 3.63) is 23.0 Å². The molecule has 3 rings (SSSR count). The largest absolute Gasteiger partial charge is 0.379 e. The van der Waals surface area contributed by atoms with Crippen molar-refractivity contribution in [2.75, 3.05) is 39.4 Å². The summed E-state index contributed by atoms with van der Waals surface area (Å²) < 4.78 is 7.24. The summed E-state index contributed by atoms with van der Waals surface area (Å²) in [6.07, 6.45) is 1.80. The molecule has 0 unspecified atom stereocenters. The SMILES string of the molecule is Cc1csc2nc(C(=O)NCCN3CCOCC3)cn12. The zero-order valence-corrected chi connectivity index (χ0v) is 12.3. The van der Waals surface area contributed by atoms with Crippen LogP contribution in [0.5, 0.6) is 0 Å². The van der Waals surface area contributed by atoms with Crippen LogP contribution >= 0.6 is 11.3 Å². The monoisotopic (exact) mass is 294 g/mol. The van der Waals surface area contributed by atoms with Gasteiger partial charge in [0.2, 0.25) is 0 Å². The third-order valence-corrected chi connectivity index (χ3v) is 4.40. The number of thiazole rings is 1. The zero-order chi connectivity index (χ0) is 13.9. The lowest BCUT2D eigenvalue weighted by Gasteiger charge is -2.26. The van der Waals surface area contributed by atoms with E-state index in [1.54, 1.807) is 17.5 Å². The van der Waals surface area contributed by atoms with Gasteiger partial charge in [-0.2, -0.15) is 0 Å². The van der Waals surface area contributed by atoms with Crippen molar-refractivity contribution in [3.8, 4) is 0 Å². The molecule has 1 amide bonds. The molecule has 2 aromatic rings. The van der Waals surface area contributed by atoms with Crippen LogP contribution in [0.25, 0.3) is 4.96 Å². The minimum atomic E-state index is -0.103. The molecular weight excluding hydrogens is 276 g/mol. The van der Waals surface area contributed by atoms with Gasteiger partial charge in [0.1, 0.15) is 5.69 Å². The molecule has 0 bridgehead atoms. The first-order valence-corrected chi connectivity index (χ1v) is 7.63. The van der Waals surface area contributed by atoms with Crippen molar-refractivity contribution in [2.24, 2.45) is 0 Å². The number of amides is 1. The van der Waals surface area contributed by atoms with E-state index in [1.165, 1.54) is 0 Å². The third kappa shape index (κ3) is 2.84. The summed E-state index contributed by atoms with van der Waals surface area (Å²) in [6, 6.07) is 0. The Labute approximate surface area is 121 Å². The van der Waals surface area contributed by atoms with E-state index in [-0.39, 0.29) is 5.91 Å². The summed E-state index contributed by atoms with van der Waals surface area (Å²) in [5.74, 6) is -0.103. The molecule has 1 saturated heterocycles. The van der Waals surface area contributed by atoms with Gasteiger partial charge >= 0.3 is 0 Å². The Bertz CT molecular complexity index is 601. The molecule has 0 atom stereocenters. The van der Waals surface area contributed by atoms with Crippen molar-refractivity contribution in [3.63, 3.8) is 0 Å². The van der Waals surface area contributed by atoms with Crippen LogP contribution in [0.3, 0.4) is 0 Å². The van der Waals surface area contributed by atoms with Crippen molar-refractivity contribution >= 4 is 22.2 Å². The predicted octanol–water partition coefficient (Wildman–Crippen LogP) is 0.766. The van der Waals surface area contributed by atoms with E-state index in [9.17, 15) is 4.79 Å². The zero-order valence-electron chi connectivity index (χ0n) is 11.5. The Balaban J connectivity index is 1.53. The number of aryl methyl sites for hydroxylation is 1. The number of morpholine rings is 1. The Morgan fingerprint density at radius 3 is 3.05 bits per heavy atom. The number of aromatic nitrogens is 2. The molecule has 0 spiro atoms. The number of rotatable bonds is 4. The number of carbonyl (C=O) groups is 1. The highest BCUT2D eigenvalue weighted by Crippen LogP contribution is 2.15. The van der Waals surface area contributed by atoms with Crippen molar-refractivity contribution in [1.82, 2.24) is 19.6 Å². The second-order valence-electron chi connectivity index (χ2n) is 4.87. The van der Waals surface area contributed by atoms with Crippen LogP contribution in [0.1, 0.15) is 16.2 Å². The van der Waals surface area contributed by atoms with Crippen LogP contribution in [-0.2, 0) is 4.74 Å². The van der Waals surface area contributed by atoms with Gasteiger partial charge in [0.15, 0.2) is 4.96 Å². The molecule has 6 nitrogen and oxygen atoms in total. The maximum atomic E-state index is 12.0. The number of carbonyl (C=O) groups excluding carboxylic acids is 1. The lowest BCUT2D eigenvalue weighted by atomic mass is 10.4. The van der Waals surface area contributed by atoms with E-state index in [1.807, 2.05) is 16.7 Å². The Kier molecular flexibility index (Phi) is 4.00. The van der Waals surface area contributed by atoms with Crippen molar-refractivity contribution in [2.45, 2.75) is 6.92 Å². The Hall–Kier alpha value is -1.44. The maximum Gasteiger partial charge on any atom is 0.271 e. The molecule has 0 aromatic carbocycles. The van der Waals surface area contributed by atoms with Gasteiger partial charge in [0.25, 0.3) is 5.91 Å². The molecule has 1 N–H and O–H groups in total. The molecule has 1 fully saturated rings. The molecule has 0 aliphatic carbocycles. The average molecular weight is 294 g/mol. The molecule has 108 valence electrons. The third-order valence-electron chi connectivity index (χ3n) is 3.44. The van der Waals surface area contributed by atoms with Gasteiger partial charge in [-0.15, -0.1) is 11.3 Å². The molecule has 2 aromatic heterocycles. The molecule has 3 heterocycles. The highest BCUT2D eigenvalue weighted by molar-refractivity contribution is 7.15. The number of hydrogen-bond donors (Lipinski definition) is 1. The highest BCUT2D eigenvalue weighted by Gasteiger charge is 2.14. The molecule has 20 heavy (non-hydrogen) atoms. The van der Waals surface area contributed by atoms with Crippen molar-refractivity contribution in [1.29, 1.82) is 0 Å². The maximum absolute atomic E-state index is 12.0. The van der Waals surface area contributed by atoms with Crippen molar-refractivity contribution < 1.29 is 9.53 Å². The molecule has 7 heteroatoms. The smallest absolute Gasteiger partial charge is 0.271 e. The summed E-state index contributed by atoms with van der Waals surface area (Å²) in [4.78, 5) is 19.5. The van der Waals surface area contributed by atoms with Gasteiger partial charge in [-0.05, 0) is 6.92 Å². The molecule has 1 aliphatic heterocycles. The lowest BCUT2D eigenvalue weighted by Crippen LogP contribution is -2.41. The summed E-state index contributed by atoms with van der Waals surface area (Å²) in [5.41, 5.74) is 1.59. The van der Waals surface area contributed by atoms with Gasteiger partial charge in [0.05, 0.1) is 13.2 Å². The van der Waals surface area contributed by atoms with Gasteiger partial charge in [0, 0.05) is 43.4 Å². The van der Waals surface area contributed by atoms with E-state index < -0.39 is 0 Å². The van der Waals surface area contributed by atoms with Crippen LogP contribution < -0.4 is 5.32 Å². The summed E-state index contributed by atoms with van der Waals surface area (Å²) in [5, 5.41) is 4.95. The number of ether oxygens (including phenoxy) is 1. The van der Waals surface area contributed by atoms with Crippen LogP contribution in [0, 0.1) is 6.92 Å². The fourth-order valence-electron chi connectivity index (χ4n) is 2.25. The molecule has 0 saturated carbocycles. The summed E-state index contributed by atoms with van der Waals surface area (Å²) in [6.45, 7) is 6.95. The van der Waals surface area contributed by atoms with E-state index in [2.05, 4.69) is 15.2 Å². The first-order valence-electron chi connectivity index (χ1n) is 6.75. The number of nitrogens with one attached hydrogen (secondary N) is 1. The van der Waals surface area contributed by atoms with Crippen LogP contribution in [0.4, 0.5) is 0 Å². The number of imidazole rings is 1. The van der Waals surface area contributed by atoms with E-state index in [0.717, 1.165) is 43.5 Å². The minimum Gasteiger partial charge on any atom is -0.379 e. The van der Waals surface area contributed by atoms with Gasteiger partial charge in [-0.3, -0.25) is 14.1 Å². The number of hydrogen-bond acceptors (Lipinski definition) is 5. The number of nitrogens with zero attached hydrogens (tertiary/aromatic N) is 3. The lowest BCUT2D eigenvalue weighted by molar-refractivity contribution is 0.0383. The first kappa shape index (κ1) is 13.5. The Morgan fingerprint density at radius 1 is 1.50 bits per heavy atom. The predicted molar refractivity (Wildman–Crippen MR) is 77.4 cm³/mol.